The number of carboxylic acids is 1. The summed E-state index contributed by atoms with van der Waals surface area (Å²) in [7, 11) is 3.48. The van der Waals surface area contributed by atoms with Gasteiger partial charge in [-0.1, -0.05) is 0 Å². The smallest absolute Gasteiger partial charge is 0.329 e. The van der Waals surface area contributed by atoms with Crippen LogP contribution in [0.25, 0.3) is 11.2 Å². The number of carbonyl (C=O) groups excluding carboxylic acids is 5. The van der Waals surface area contributed by atoms with Crippen LogP contribution >= 0.6 is 0 Å². The van der Waals surface area contributed by atoms with Crippen LogP contribution in [0.1, 0.15) is 109 Å². The van der Waals surface area contributed by atoms with Gasteiger partial charge in [0.1, 0.15) is 11.6 Å². The lowest BCUT2D eigenvalue weighted by atomic mass is 10.1. The number of nitrogens with one attached hydrogen (secondary N) is 3. The maximum Gasteiger partial charge on any atom is 0.329 e. The molecule has 0 spiro atoms. The van der Waals surface area contributed by atoms with Gasteiger partial charge in [0.15, 0.2) is 17.0 Å². The second-order valence-corrected chi connectivity index (χ2v) is 28.8. The van der Waals surface area contributed by atoms with Crippen molar-refractivity contribution in [3.8, 4) is 0 Å². The molecule has 1 atom stereocenters. The predicted octanol–water partition coefficient (Wildman–Crippen LogP) is 3.62. The highest BCUT2D eigenvalue weighted by molar-refractivity contribution is 5.97. The van der Waals surface area contributed by atoms with Crippen molar-refractivity contribution < 1.29 is 152 Å². The largest absolute Gasteiger partial charge is 0.481 e. The molecule has 0 aliphatic heterocycles. The Morgan fingerprint density at radius 3 is 1.05 bits per heavy atom. The number of aliphatic carboxylic acids is 1. The third-order valence-electron chi connectivity index (χ3n) is 17.0. The summed E-state index contributed by atoms with van der Waals surface area (Å²) in [6.45, 7) is 39.8. The number of ether oxygens (including phenoxy) is 25. The van der Waals surface area contributed by atoms with Crippen LogP contribution in [0.3, 0.4) is 0 Å². The van der Waals surface area contributed by atoms with Gasteiger partial charge < -0.3 is 161 Å². The first-order valence-electron chi connectivity index (χ1n) is 45.5. The van der Waals surface area contributed by atoms with Gasteiger partial charge in [-0.2, -0.15) is 9.97 Å². The molecule has 0 fully saturated rings. The minimum Gasteiger partial charge on any atom is -0.481 e. The highest BCUT2D eigenvalue weighted by atomic mass is 16.6. The fourth-order valence-electron chi connectivity index (χ4n) is 10.5. The Morgan fingerprint density at radius 2 is 0.733 bits per heavy atom. The summed E-state index contributed by atoms with van der Waals surface area (Å²) in [5.74, 6) is -3.23. The molecule has 1 unspecified atom stereocenters. The molecule has 43 heteroatoms. The van der Waals surface area contributed by atoms with E-state index in [1.807, 2.05) is 39.6 Å². The van der Waals surface area contributed by atoms with E-state index in [4.69, 9.17) is 135 Å². The maximum absolute atomic E-state index is 13.4. The number of nitrogens with zero attached hydrogens (tertiary/aromatic N) is 6. The second-order valence-electron chi connectivity index (χ2n) is 28.8. The first kappa shape index (κ1) is 122. The van der Waals surface area contributed by atoms with Gasteiger partial charge in [0.05, 0.1) is 309 Å². The molecule has 2 heterocycles. The minimum atomic E-state index is -1.15. The molecule has 0 radical (unpaired) electrons. The fourth-order valence-corrected chi connectivity index (χ4v) is 10.5. The van der Waals surface area contributed by atoms with Gasteiger partial charge in [0.25, 0.3) is 5.91 Å². The highest BCUT2D eigenvalue weighted by Crippen LogP contribution is 2.20. The maximum atomic E-state index is 13.4. The van der Waals surface area contributed by atoms with Crippen LogP contribution in [0.15, 0.2) is 30.5 Å². The van der Waals surface area contributed by atoms with E-state index in [2.05, 4.69) is 35.9 Å². The van der Waals surface area contributed by atoms with E-state index in [0.717, 1.165) is 12.3 Å². The molecule has 1 aromatic carbocycles. The van der Waals surface area contributed by atoms with E-state index in [9.17, 15) is 28.8 Å². The van der Waals surface area contributed by atoms with Crippen molar-refractivity contribution in [2.45, 2.75) is 112 Å². The number of esters is 1. The number of fused-ring (bicyclic) bond motifs is 1. The molecule has 3 aromatic rings. The number of amides is 4. The molecule has 4 amide bonds. The van der Waals surface area contributed by atoms with Gasteiger partial charge in [-0.3, -0.25) is 24.0 Å². The zero-order valence-corrected chi connectivity index (χ0v) is 79.6. The summed E-state index contributed by atoms with van der Waals surface area (Å²) < 4.78 is 134. The monoisotopic (exact) mass is 1880 g/mol. The topological polar surface area (TPSA) is 500 Å². The van der Waals surface area contributed by atoms with E-state index in [1.54, 1.807) is 58.3 Å². The van der Waals surface area contributed by atoms with Gasteiger partial charge in [0, 0.05) is 97.3 Å². The number of carbonyl (C=O) groups is 6. The fraction of sp³-hybridized carbons (Fsp3) is 0.795. The van der Waals surface area contributed by atoms with Crippen molar-refractivity contribution in [3.05, 3.63) is 41.7 Å². The lowest BCUT2D eigenvalue weighted by molar-refractivity contribution is -0.157. The lowest BCUT2D eigenvalue weighted by Gasteiger charge is -2.25. The number of nitrogen functional groups attached to an aromatic ring is 2. The molecular weight excluding hydrogens is 1720 g/mol. The number of rotatable bonds is 90. The molecule has 2 aromatic heterocycles. The van der Waals surface area contributed by atoms with Crippen LogP contribution in [0.5, 0.6) is 0 Å². The Kier molecular flexibility index (Phi) is 83.2. The Hall–Kier alpha value is -7.10. The molecule has 8 N–H and O–H groups in total. The van der Waals surface area contributed by atoms with E-state index in [1.165, 1.54) is 4.90 Å². The van der Waals surface area contributed by atoms with Crippen LogP contribution in [0.2, 0.25) is 0 Å². The van der Waals surface area contributed by atoms with Crippen LogP contribution < -0.4 is 32.3 Å². The van der Waals surface area contributed by atoms with E-state index >= 15 is 0 Å². The zero-order valence-electron chi connectivity index (χ0n) is 79.6. The first-order valence-corrected chi connectivity index (χ1v) is 45.5. The quantitative estimate of drug-likeness (QED) is 0.0347. The lowest BCUT2D eigenvalue weighted by Crippen LogP contribution is -2.45. The summed E-state index contributed by atoms with van der Waals surface area (Å²) in [5.41, 5.74) is 13.0. The summed E-state index contributed by atoms with van der Waals surface area (Å²) >= 11 is 0. The van der Waals surface area contributed by atoms with Crippen LogP contribution in [0, 0.1) is 0 Å². The van der Waals surface area contributed by atoms with Gasteiger partial charge in [0.2, 0.25) is 23.7 Å². The van der Waals surface area contributed by atoms with Crippen molar-refractivity contribution in [2.75, 3.05) is 367 Å². The van der Waals surface area contributed by atoms with E-state index in [0.29, 0.717) is 328 Å². The molecule has 0 aliphatic rings. The standard InChI is InChI=1S/C49H77N11O14.C22H46O10.C17H36O8/c1-6-68-23-24-70-27-28-72-31-32-73-30-29-71-26-25-69-22-17-40(62)53-19-8-21-60(41(63)15-16-42(64)65)20-7-18-52-39(61)14-13-38(47(67)74-49(2,3)4)56-46(66)35-9-11-37(12-10-35)59(5)34-36-33-54-45-43(55-36)44(50)57-48(51)58-45;1-3-23-5-7-25-9-11-27-13-15-29-17-19-31-21-22-32-20-18-30-16-14-28-12-10-26-8-6-24-4-2;1-3-19-6-7-21-10-11-23-14-15-25-17-16-24-13-12-22-9-8-20-5-4-18-2/h9-12,33,38H,6-8,13-32,34H2,1-5H3,(H,52,61)(H,53,62)(H,56,66)(H,64,65)(H4,50,51,54,57,58);3-22H2,1-2H3;3-17H2,1-2H3. The van der Waals surface area contributed by atoms with Crippen molar-refractivity contribution in [2.24, 2.45) is 0 Å². The van der Waals surface area contributed by atoms with Crippen molar-refractivity contribution in [1.29, 1.82) is 0 Å². The van der Waals surface area contributed by atoms with Crippen molar-refractivity contribution in [1.82, 2.24) is 40.8 Å². The minimum absolute atomic E-state index is 0.00226. The van der Waals surface area contributed by atoms with E-state index in [-0.39, 0.29) is 99.7 Å². The predicted molar refractivity (Wildman–Crippen MR) is 486 cm³/mol. The molecule has 0 saturated heterocycles. The van der Waals surface area contributed by atoms with E-state index < -0.39 is 35.4 Å². The Balaban J connectivity index is 0.00000123. The highest BCUT2D eigenvalue weighted by Gasteiger charge is 2.28. The Bertz CT molecular complexity index is 3140. The molecular formula is C88H159N11O32. The SMILES string of the molecule is CCOCCOCCOCCOCCOCCOCCC(=O)NCCCN(CCCNC(=O)CCC(NC(=O)c1ccc(N(C)Cc2cnc3nc(N)nc(N)c3n2)cc1)C(=O)OC(C)(C)C)C(=O)CCC(=O)O.CCOCCOCCOCCOCCOCCOCCOCCOC.CCOCCOCCOCCOCCOCCOCCOCCOCCOCCOCC. The van der Waals surface area contributed by atoms with Crippen LogP contribution in [0.4, 0.5) is 17.5 Å². The molecule has 758 valence electrons. The normalized spacial score (nSPS) is 11.6. The number of carboxylic acid groups (broad SMARTS) is 1. The first-order chi connectivity index (χ1) is 63.8. The number of hydrogen-bond donors (Lipinski definition) is 6. The third kappa shape index (κ3) is 77.9. The zero-order chi connectivity index (χ0) is 95.6. The average molecular weight is 1880 g/mol. The van der Waals surface area contributed by atoms with Crippen molar-refractivity contribution >= 4 is 64.2 Å². The third-order valence-corrected chi connectivity index (χ3v) is 17.0. The molecule has 0 saturated carbocycles. The number of benzene rings is 1. The molecule has 3 rings (SSSR count). The number of aromatic nitrogens is 4. The van der Waals surface area contributed by atoms with Crippen LogP contribution in [-0.2, 0) is 149 Å². The molecule has 0 bridgehead atoms. The summed E-state index contributed by atoms with van der Waals surface area (Å²) in [4.78, 5) is 96.4. The Labute approximate surface area is 774 Å². The van der Waals surface area contributed by atoms with Gasteiger partial charge in [-0.15, -0.1) is 0 Å². The number of methoxy groups -OCH3 is 1. The number of hydrogen-bond acceptors (Lipinski definition) is 38. The van der Waals surface area contributed by atoms with Crippen LogP contribution in [-0.4, -0.2) is 428 Å². The number of anilines is 3. The van der Waals surface area contributed by atoms with Crippen molar-refractivity contribution in [3.63, 3.8) is 0 Å². The number of nitrogens with two attached hydrogens (primary N) is 2. The molecule has 43 nitrogen and oxygen atoms in total. The summed E-state index contributed by atoms with van der Waals surface area (Å²) in [6.07, 6.45) is 1.73. The summed E-state index contributed by atoms with van der Waals surface area (Å²) in [5, 5.41) is 17.4. The van der Waals surface area contributed by atoms with Gasteiger partial charge >= 0.3 is 11.9 Å². The molecule has 0 aliphatic carbocycles. The summed E-state index contributed by atoms with van der Waals surface area (Å²) in [6, 6.07) is 5.53. The Morgan fingerprint density at radius 1 is 0.412 bits per heavy atom. The van der Waals surface area contributed by atoms with Gasteiger partial charge in [-0.25, -0.2) is 14.8 Å². The second kappa shape index (κ2) is 89.4. The molecule has 131 heavy (non-hydrogen) atoms. The average Bonchev–Trinajstić information content (AvgIpc) is 0.805. The van der Waals surface area contributed by atoms with Gasteiger partial charge in [-0.05, 0) is 92.0 Å².